The van der Waals surface area contributed by atoms with Crippen LogP contribution in [-0.4, -0.2) is 30.7 Å². The summed E-state index contributed by atoms with van der Waals surface area (Å²) >= 11 is 1.78. The summed E-state index contributed by atoms with van der Waals surface area (Å²) in [5.41, 5.74) is 1.22. The van der Waals surface area contributed by atoms with Crippen LogP contribution in [0, 0.1) is 0 Å². The summed E-state index contributed by atoms with van der Waals surface area (Å²) < 4.78 is 0. The Bertz CT molecular complexity index is 318. The highest BCUT2D eigenvalue weighted by molar-refractivity contribution is 7.13. The molecule has 1 aliphatic heterocycles. The molecular formula is C12H21N3S. The van der Waals surface area contributed by atoms with Crippen LogP contribution in [0.15, 0.2) is 5.38 Å². The summed E-state index contributed by atoms with van der Waals surface area (Å²) in [6, 6.07) is 0.661. The Labute approximate surface area is 102 Å². The van der Waals surface area contributed by atoms with Crippen LogP contribution < -0.4 is 10.2 Å². The highest BCUT2D eigenvalue weighted by Gasteiger charge is 2.18. The highest BCUT2D eigenvalue weighted by Crippen LogP contribution is 2.21. The number of aryl methyl sites for hydroxylation is 1. The maximum atomic E-state index is 4.66. The van der Waals surface area contributed by atoms with E-state index in [0.717, 1.165) is 19.5 Å². The van der Waals surface area contributed by atoms with Crippen LogP contribution >= 0.6 is 11.3 Å². The second-order valence-corrected chi connectivity index (χ2v) is 5.14. The first kappa shape index (κ1) is 11.9. The topological polar surface area (TPSA) is 28.2 Å². The van der Waals surface area contributed by atoms with Crippen LogP contribution in [0.4, 0.5) is 5.13 Å². The lowest BCUT2D eigenvalue weighted by atomic mass is 10.2. The van der Waals surface area contributed by atoms with Crippen molar-refractivity contribution in [2.24, 2.45) is 0 Å². The normalized spacial score (nSPS) is 20.2. The predicted octanol–water partition coefficient (Wildman–Crippen LogP) is 2.28. The van der Waals surface area contributed by atoms with Gasteiger partial charge < -0.3 is 10.2 Å². The first-order valence-electron chi connectivity index (χ1n) is 6.26. The SMILES string of the molecule is CCc1csc(N(CC)CC2CCCN2)n1. The lowest BCUT2D eigenvalue weighted by Gasteiger charge is -2.23. The highest BCUT2D eigenvalue weighted by atomic mass is 32.1. The van der Waals surface area contributed by atoms with Crippen molar-refractivity contribution in [3.63, 3.8) is 0 Å². The molecule has 1 saturated heterocycles. The smallest absolute Gasteiger partial charge is 0.185 e. The first-order valence-corrected chi connectivity index (χ1v) is 7.14. The van der Waals surface area contributed by atoms with Gasteiger partial charge >= 0.3 is 0 Å². The molecular weight excluding hydrogens is 218 g/mol. The van der Waals surface area contributed by atoms with Crippen molar-refractivity contribution in [1.82, 2.24) is 10.3 Å². The molecule has 1 N–H and O–H groups in total. The summed E-state index contributed by atoms with van der Waals surface area (Å²) in [6.07, 6.45) is 3.67. The minimum absolute atomic E-state index is 0.661. The number of aromatic nitrogens is 1. The standard InChI is InChI=1S/C12H21N3S/c1-3-10-9-16-12(14-10)15(4-2)8-11-6-5-7-13-11/h9,11,13H,3-8H2,1-2H3. The summed E-state index contributed by atoms with van der Waals surface area (Å²) in [5.74, 6) is 0. The summed E-state index contributed by atoms with van der Waals surface area (Å²) in [6.45, 7) is 7.71. The van der Waals surface area contributed by atoms with Gasteiger partial charge in [-0.05, 0) is 32.7 Å². The van der Waals surface area contributed by atoms with Crippen molar-refractivity contribution in [2.45, 2.75) is 39.2 Å². The van der Waals surface area contributed by atoms with Gasteiger partial charge in [-0.2, -0.15) is 0 Å². The zero-order valence-corrected chi connectivity index (χ0v) is 11.0. The average Bonchev–Trinajstić information content (AvgIpc) is 2.96. The molecule has 1 atom stereocenters. The maximum Gasteiger partial charge on any atom is 0.185 e. The van der Waals surface area contributed by atoms with Crippen molar-refractivity contribution in [2.75, 3.05) is 24.5 Å². The molecule has 1 aromatic heterocycles. The molecule has 90 valence electrons. The number of nitrogens with one attached hydrogen (secondary N) is 1. The third-order valence-corrected chi connectivity index (χ3v) is 4.11. The Morgan fingerprint density at radius 2 is 2.44 bits per heavy atom. The van der Waals surface area contributed by atoms with E-state index < -0.39 is 0 Å². The molecule has 1 aromatic rings. The van der Waals surface area contributed by atoms with Gasteiger partial charge in [0.25, 0.3) is 0 Å². The number of hydrogen-bond donors (Lipinski definition) is 1. The van der Waals surface area contributed by atoms with Crippen molar-refractivity contribution in [1.29, 1.82) is 0 Å². The summed E-state index contributed by atoms with van der Waals surface area (Å²) in [7, 11) is 0. The van der Waals surface area contributed by atoms with E-state index in [0.29, 0.717) is 6.04 Å². The molecule has 0 aromatic carbocycles. The van der Waals surface area contributed by atoms with Crippen LogP contribution in [-0.2, 0) is 6.42 Å². The lowest BCUT2D eigenvalue weighted by Crippen LogP contribution is -2.37. The van der Waals surface area contributed by atoms with E-state index in [-0.39, 0.29) is 0 Å². The number of hydrogen-bond acceptors (Lipinski definition) is 4. The quantitative estimate of drug-likeness (QED) is 0.854. The van der Waals surface area contributed by atoms with Gasteiger partial charge in [0.2, 0.25) is 0 Å². The second kappa shape index (κ2) is 5.64. The van der Waals surface area contributed by atoms with Gasteiger partial charge in [-0.1, -0.05) is 6.92 Å². The molecule has 1 aliphatic rings. The molecule has 1 fully saturated rings. The molecule has 0 amide bonds. The number of anilines is 1. The lowest BCUT2D eigenvalue weighted by molar-refractivity contribution is 0.586. The molecule has 0 aliphatic carbocycles. The molecule has 3 nitrogen and oxygen atoms in total. The van der Waals surface area contributed by atoms with Gasteiger partial charge in [0.1, 0.15) is 0 Å². The van der Waals surface area contributed by atoms with E-state index in [1.807, 2.05) is 0 Å². The van der Waals surface area contributed by atoms with Crippen molar-refractivity contribution < 1.29 is 0 Å². The van der Waals surface area contributed by atoms with Crippen LogP contribution in [0.3, 0.4) is 0 Å². The fourth-order valence-electron chi connectivity index (χ4n) is 2.12. The van der Waals surface area contributed by atoms with Gasteiger partial charge in [-0.3, -0.25) is 0 Å². The van der Waals surface area contributed by atoms with E-state index in [2.05, 4.69) is 34.4 Å². The number of nitrogens with zero attached hydrogens (tertiary/aromatic N) is 2. The Hall–Kier alpha value is -0.610. The summed E-state index contributed by atoms with van der Waals surface area (Å²) in [4.78, 5) is 7.05. The monoisotopic (exact) mass is 239 g/mol. The molecule has 4 heteroatoms. The molecule has 0 saturated carbocycles. The van der Waals surface area contributed by atoms with E-state index in [9.17, 15) is 0 Å². The van der Waals surface area contributed by atoms with E-state index in [1.165, 1.54) is 30.2 Å². The fourth-order valence-corrected chi connectivity index (χ4v) is 3.11. The second-order valence-electron chi connectivity index (χ2n) is 4.31. The molecule has 2 heterocycles. The molecule has 0 radical (unpaired) electrons. The fraction of sp³-hybridized carbons (Fsp3) is 0.750. The molecule has 1 unspecified atom stereocenters. The number of likely N-dealkylation sites (N-methyl/N-ethyl adjacent to an activating group) is 1. The number of thiazole rings is 1. The van der Waals surface area contributed by atoms with Gasteiger partial charge in [0.15, 0.2) is 5.13 Å². The van der Waals surface area contributed by atoms with Gasteiger partial charge in [0, 0.05) is 24.5 Å². The average molecular weight is 239 g/mol. The minimum Gasteiger partial charge on any atom is -0.347 e. The van der Waals surface area contributed by atoms with Gasteiger partial charge in [0.05, 0.1) is 5.69 Å². The molecule has 0 spiro atoms. The molecule has 0 bridgehead atoms. The van der Waals surface area contributed by atoms with Crippen LogP contribution in [0.1, 0.15) is 32.4 Å². The third-order valence-electron chi connectivity index (χ3n) is 3.16. The predicted molar refractivity (Wildman–Crippen MR) is 70.4 cm³/mol. The van der Waals surface area contributed by atoms with E-state index in [4.69, 9.17) is 0 Å². The summed E-state index contributed by atoms with van der Waals surface area (Å²) in [5, 5.41) is 6.92. The third kappa shape index (κ3) is 2.74. The van der Waals surface area contributed by atoms with Gasteiger partial charge in [-0.25, -0.2) is 4.98 Å². The van der Waals surface area contributed by atoms with Crippen LogP contribution in [0.25, 0.3) is 0 Å². The largest absolute Gasteiger partial charge is 0.347 e. The first-order chi connectivity index (χ1) is 7.83. The molecule has 16 heavy (non-hydrogen) atoms. The van der Waals surface area contributed by atoms with Crippen LogP contribution in [0.2, 0.25) is 0 Å². The zero-order chi connectivity index (χ0) is 11.4. The van der Waals surface area contributed by atoms with Crippen molar-refractivity contribution in [3.05, 3.63) is 11.1 Å². The minimum atomic E-state index is 0.661. The van der Waals surface area contributed by atoms with Crippen molar-refractivity contribution >= 4 is 16.5 Å². The Morgan fingerprint density at radius 1 is 1.56 bits per heavy atom. The maximum absolute atomic E-state index is 4.66. The van der Waals surface area contributed by atoms with Crippen LogP contribution in [0.5, 0.6) is 0 Å². The zero-order valence-electron chi connectivity index (χ0n) is 10.2. The Balaban J connectivity index is 1.97. The van der Waals surface area contributed by atoms with Crippen molar-refractivity contribution in [3.8, 4) is 0 Å². The Kier molecular flexibility index (Phi) is 4.18. The number of rotatable bonds is 5. The molecule has 2 rings (SSSR count). The Morgan fingerprint density at radius 3 is 3.00 bits per heavy atom. The van der Waals surface area contributed by atoms with E-state index in [1.54, 1.807) is 11.3 Å². The van der Waals surface area contributed by atoms with Gasteiger partial charge in [-0.15, -0.1) is 11.3 Å². The van der Waals surface area contributed by atoms with E-state index >= 15 is 0 Å².